The normalized spacial score (nSPS) is 15.2. The Labute approximate surface area is 213 Å². The van der Waals surface area contributed by atoms with Crippen LogP contribution >= 0.6 is 0 Å². The molecule has 11 heteroatoms. The van der Waals surface area contributed by atoms with Gasteiger partial charge in [0.25, 0.3) is 5.56 Å². The van der Waals surface area contributed by atoms with Crippen LogP contribution in [-0.4, -0.2) is 54.6 Å². The molecule has 0 bridgehead atoms. The first-order valence-corrected chi connectivity index (χ1v) is 12.0. The molecule has 0 radical (unpaired) electrons. The molecule has 1 atom stereocenters. The number of rotatable bonds is 4. The lowest BCUT2D eigenvalue weighted by Gasteiger charge is -2.31. The predicted octanol–water partition coefficient (Wildman–Crippen LogP) is 0.963. The summed E-state index contributed by atoms with van der Waals surface area (Å²) in [6.07, 6.45) is 1.88. The number of imidazole rings is 1. The van der Waals surface area contributed by atoms with E-state index in [0.29, 0.717) is 29.5 Å². The third-order valence-electron chi connectivity index (χ3n) is 6.51. The average Bonchev–Trinajstić information content (AvgIpc) is 3.29. The zero-order valence-electron chi connectivity index (χ0n) is 21.3. The van der Waals surface area contributed by atoms with Gasteiger partial charge in [-0.2, -0.15) is 4.98 Å². The number of aryl methyl sites for hydroxylation is 2. The van der Waals surface area contributed by atoms with Crippen LogP contribution < -0.4 is 21.9 Å². The van der Waals surface area contributed by atoms with Crippen LogP contribution in [0.15, 0.2) is 33.9 Å². The summed E-state index contributed by atoms with van der Waals surface area (Å²) in [5.74, 6) is 6.96. The minimum absolute atomic E-state index is 0.0306. The number of carbonyl (C=O) groups excluding carboxylic acids is 1. The molecule has 1 saturated heterocycles. The Morgan fingerprint density at radius 1 is 1.14 bits per heavy atom. The van der Waals surface area contributed by atoms with Gasteiger partial charge in [-0.15, -0.1) is 5.92 Å². The van der Waals surface area contributed by atoms with Crippen LogP contribution in [0.3, 0.4) is 0 Å². The number of aromatic nitrogens is 6. The number of carbonyl (C=O) groups is 1. The highest BCUT2D eigenvalue weighted by Crippen LogP contribution is 2.23. The Morgan fingerprint density at radius 3 is 2.62 bits per heavy atom. The molecular formula is C26H30N8O3. The summed E-state index contributed by atoms with van der Waals surface area (Å²) in [6.45, 7) is 7.31. The molecule has 2 N–H and O–H groups in total. The van der Waals surface area contributed by atoms with E-state index in [1.165, 1.54) is 9.13 Å². The molecule has 1 fully saturated rings. The molecule has 5 rings (SSSR count). The lowest BCUT2D eigenvalue weighted by molar-refractivity contribution is -0.0979. The number of para-hydroxylation sites is 1. The lowest BCUT2D eigenvalue weighted by Crippen LogP contribution is -2.44. The van der Waals surface area contributed by atoms with Crippen molar-refractivity contribution >= 4 is 34.8 Å². The third-order valence-corrected chi connectivity index (χ3v) is 6.51. The lowest BCUT2D eigenvalue weighted by atomic mass is 10.1. The van der Waals surface area contributed by atoms with Crippen molar-refractivity contribution in [3.63, 3.8) is 0 Å². The van der Waals surface area contributed by atoms with Crippen molar-refractivity contribution in [2.24, 2.45) is 12.8 Å². The van der Waals surface area contributed by atoms with E-state index in [9.17, 15) is 9.59 Å². The van der Waals surface area contributed by atoms with Crippen LogP contribution in [0.1, 0.15) is 31.3 Å². The van der Waals surface area contributed by atoms with E-state index in [4.69, 9.17) is 15.5 Å². The first-order valence-electron chi connectivity index (χ1n) is 12.0. The molecule has 0 spiro atoms. The molecule has 0 amide bonds. The standard InChI is InChI=1S/C25H28N8O2.CH2O/c1-4-5-13-32-21-22(29-24(32)31-12-8-9-17(26)14-31)30(3)25(35)33(23(21)34)15-20-27-16(2)18-10-6-7-11-19(18)28-20;1-2/h6-7,10-11,17H,8-9,12-15,26H2,1-3H3;1H2/t17-;/m1./s1. The number of fused-ring (bicyclic) bond motifs is 2. The number of hydrogen-bond acceptors (Lipinski definition) is 8. The molecule has 37 heavy (non-hydrogen) atoms. The summed E-state index contributed by atoms with van der Waals surface area (Å²) >= 11 is 0. The number of hydrogen-bond donors (Lipinski definition) is 1. The summed E-state index contributed by atoms with van der Waals surface area (Å²) < 4.78 is 4.39. The summed E-state index contributed by atoms with van der Waals surface area (Å²) in [6, 6.07) is 7.71. The van der Waals surface area contributed by atoms with Gasteiger partial charge in [0.2, 0.25) is 5.95 Å². The molecule has 4 heterocycles. The first kappa shape index (κ1) is 25.8. The quantitative estimate of drug-likeness (QED) is 0.408. The van der Waals surface area contributed by atoms with Crippen LogP contribution in [0.5, 0.6) is 0 Å². The monoisotopic (exact) mass is 502 g/mol. The van der Waals surface area contributed by atoms with Crippen LogP contribution in [-0.2, 0) is 24.9 Å². The minimum atomic E-state index is -0.468. The number of benzene rings is 1. The Morgan fingerprint density at radius 2 is 1.89 bits per heavy atom. The van der Waals surface area contributed by atoms with Crippen molar-refractivity contribution in [2.75, 3.05) is 18.0 Å². The van der Waals surface area contributed by atoms with Crippen LogP contribution in [0.25, 0.3) is 22.1 Å². The van der Waals surface area contributed by atoms with E-state index in [0.717, 1.165) is 36.0 Å². The summed E-state index contributed by atoms with van der Waals surface area (Å²) in [5.41, 5.74) is 7.54. The maximum atomic E-state index is 13.7. The van der Waals surface area contributed by atoms with Crippen molar-refractivity contribution in [3.05, 3.63) is 56.6 Å². The molecular weight excluding hydrogens is 472 g/mol. The third kappa shape index (κ3) is 4.75. The second kappa shape index (κ2) is 10.8. The fourth-order valence-corrected chi connectivity index (χ4v) is 4.75. The van der Waals surface area contributed by atoms with Gasteiger partial charge >= 0.3 is 5.69 Å². The van der Waals surface area contributed by atoms with Gasteiger partial charge < -0.3 is 15.4 Å². The molecule has 0 aliphatic carbocycles. The van der Waals surface area contributed by atoms with E-state index in [1.807, 2.05) is 38.0 Å². The first-order chi connectivity index (χ1) is 17.9. The average molecular weight is 503 g/mol. The van der Waals surface area contributed by atoms with Gasteiger partial charge in [-0.25, -0.2) is 14.8 Å². The Hall–Kier alpha value is -4.30. The van der Waals surface area contributed by atoms with Gasteiger partial charge in [-0.3, -0.25) is 18.5 Å². The van der Waals surface area contributed by atoms with Gasteiger partial charge in [-0.05, 0) is 32.8 Å². The summed E-state index contributed by atoms with van der Waals surface area (Å²) in [4.78, 5) is 51.0. The Kier molecular flexibility index (Phi) is 7.50. The van der Waals surface area contributed by atoms with Gasteiger partial charge in [0.05, 0.1) is 18.6 Å². The van der Waals surface area contributed by atoms with Gasteiger partial charge in [0.1, 0.15) is 12.6 Å². The van der Waals surface area contributed by atoms with Crippen molar-refractivity contribution < 1.29 is 4.79 Å². The van der Waals surface area contributed by atoms with E-state index < -0.39 is 11.2 Å². The minimum Gasteiger partial charge on any atom is -0.341 e. The van der Waals surface area contributed by atoms with Gasteiger partial charge in [-0.1, -0.05) is 24.1 Å². The molecule has 1 aromatic carbocycles. The highest BCUT2D eigenvalue weighted by atomic mass is 16.2. The topological polar surface area (TPSA) is 134 Å². The largest absolute Gasteiger partial charge is 0.341 e. The number of piperidine rings is 1. The molecule has 4 aromatic rings. The number of anilines is 1. The fourth-order valence-electron chi connectivity index (χ4n) is 4.75. The second-order valence-corrected chi connectivity index (χ2v) is 8.92. The summed E-state index contributed by atoms with van der Waals surface area (Å²) in [7, 11) is 1.63. The fraction of sp³-hybridized carbons (Fsp3) is 0.385. The van der Waals surface area contributed by atoms with Crippen LogP contribution in [0, 0.1) is 18.8 Å². The zero-order chi connectivity index (χ0) is 26.7. The SMILES string of the molecule is C=O.CC#CCn1c(N2CCC[C@@H](N)C2)nc2c1c(=O)n(Cc1nc(C)c3ccccc3n1)c(=O)n2C. The molecule has 11 nitrogen and oxygen atoms in total. The molecule has 1 aliphatic heterocycles. The smallest absolute Gasteiger partial charge is 0.332 e. The van der Waals surface area contributed by atoms with E-state index in [2.05, 4.69) is 26.7 Å². The van der Waals surface area contributed by atoms with Crippen LogP contribution in [0.2, 0.25) is 0 Å². The highest BCUT2D eigenvalue weighted by Gasteiger charge is 2.26. The van der Waals surface area contributed by atoms with Crippen LogP contribution in [0.4, 0.5) is 5.95 Å². The molecule has 0 saturated carbocycles. The number of nitrogens with zero attached hydrogens (tertiary/aromatic N) is 7. The van der Waals surface area contributed by atoms with Gasteiger partial charge in [0.15, 0.2) is 11.2 Å². The zero-order valence-corrected chi connectivity index (χ0v) is 21.3. The molecule has 3 aromatic heterocycles. The van der Waals surface area contributed by atoms with Crippen molar-refractivity contribution in [2.45, 2.75) is 45.8 Å². The maximum Gasteiger partial charge on any atom is 0.332 e. The second-order valence-electron chi connectivity index (χ2n) is 8.92. The van der Waals surface area contributed by atoms with Crippen molar-refractivity contribution in [1.82, 2.24) is 28.7 Å². The predicted molar refractivity (Wildman–Crippen MR) is 143 cm³/mol. The van der Waals surface area contributed by atoms with E-state index >= 15 is 0 Å². The highest BCUT2D eigenvalue weighted by molar-refractivity contribution is 5.80. The Balaban J connectivity index is 0.00000156. The Bertz CT molecular complexity index is 1640. The van der Waals surface area contributed by atoms with E-state index in [-0.39, 0.29) is 19.1 Å². The van der Waals surface area contributed by atoms with Crippen molar-refractivity contribution in [3.8, 4) is 11.8 Å². The molecule has 0 unspecified atom stereocenters. The summed E-state index contributed by atoms with van der Waals surface area (Å²) in [5, 5.41) is 0.938. The molecule has 1 aliphatic rings. The van der Waals surface area contributed by atoms with Crippen molar-refractivity contribution in [1.29, 1.82) is 0 Å². The maximum absolute atomic E-state index is 13.7. The van der Waals surface area contributed by atoms with E-state index in [1.54, 1.807) is 18.5 Å². The molecule has 192 valence electrons. The van der Waals surface area contributed by atoms with Gasteiger partial charge in [0, 0.05) is 37.3 Å². The number of nitrogens with two attached hydrogens (primary N) is 1.